The summed E-state index contributed by atoms with van der Waals surface area (Å²) in [6.45, 7) is 10.8. The van der Waals surface area contributed by atoms with Crippen LogP contribution in [0.25, 0.3) is 0 Å². The van der Waals surface area contributed by atoms with Gasteiger partial charge in [0.05, 0.1) is 13.2 Å². The highest BCUT2D eigenvalue weighted by Crippen LogP contribution is 2.20. The van der Waals surface area contributed by atoms with E-state index in [1.54, 1.807) is 0 Å². The molecule has 0 aromatic carbocycles. The topological polar surface area (TPSA) is 48.1 Å². The summed E-state index contributed by atoms with van der Waals surface area (Å²) >= 11 is 0. The van der Waals surface area contributed by atoms with Gasteiger partial charge in [-0.25, -0.2) is 4.79 Å². The van der Waals surface area contributed by atoms with Gasteiger partial charge in [-0.3, -0.25) is 9.80 Å². The molecule has 2 atom stereocenters. The first-order valence-electron chi connectivity index (χ1n) is 9.82. The molecule has 0 radical (unpaired) electrons. The van der Waals surface area contributed by atoms with Crippen molar-refractivity contribution in [2.45, 2.75) is 51.1 Å². The Morgan fingerprint density at radius 3 is 2.54 bits per heavy atom. The lowest BCUT2D eigenvalue weighted by atomic mass is 10.1. The van der Waals surface area contributed by atoms with Crippen molar-refractivity contribution in [2.75, 3.05) is 59.0 Å². The highest BCUT2D eigenvalue weighted by Gasteiger charge is 2.28. The van der Waals surface area contributed by atoms with Gasteiger partial charge in [0.25, 0.3) is 0 Å². The quantitative estimate of drug-likeness (QED) is 0.841. The largest absolute Gasteiger partial charge is 0.379 e. The van der Waals surface area contributed by atoms with Crippen LogP contribution in [0.3, 0.4) is 0 Å². The van der Waals surface area contributed by atoms with Gasteiger partial charge in [-0.15, -0.1) is 0 Å². The Kier molecular flexibility index (Phi) is 6.75. The van der Waals surface area contributed by atoms with E-state index in [2.05, 4.69) is 26.9 Å². The average molecular weight is 338 g/mol. The van der Waals surface area contributed by atoms with Crippen LogP contribution in [0.5, 0.6) is 0 Å². The van der Waals surface area contributed by atoms with Crippen molar-refractivity contribution in [1.29, 1.82) is 0 Å². The van der Waals surface area contributed by atoms with Crippen LogP contribution in [0.15, 0.2) is 0 Å². The monoisotopic (exact) mass is 338 g/mol. The van der Waals surface area contributed by atoms with Gasteiger partial charge >= 0.3 is 6.03 Å². The maximum Gasteiger partial charge on any atom is 0.317 e. The van der Waals surface area contributed by atoms with Gasteiger partial charge in [0.15, 0.2) is 0 Å². The second-order valence-electron chi connectivity index (χ2n) is 7.60. The van der Waals surface area contributed by atoms with E-state index in [1.807, 2.05) is 0 Å². The first-order chi connectivity index (χ1) is 11.7. The van der Waals surface area contributed by atoms with Crippen LogP contribution in [0, 0.1) is 0 Å². The van der Waals surface area contributed by atoms with Crippen molar-refractivity contribution in [1.82, 2.24) is 20.0 Å². The predicted molar refractivity (Wildman–Crippen MR) is 95.3 cm³/mol. The summed E-state index contributed by atoms with van der Waals surface area (Å²) < 4.78 is 5.39. The minimum atomic E-state index is 0.127. The fraction of sp³-hybridized carbons (Fsp3) is 0.944. The second kappa shape index (κ2) is 9.02. The Morgan fingerprint density at radius 2 is 1.79 bits per heavy atom. The summed E-state index contributed by atoms with van der Waals surface area (Å²) in [5.41, 5.74) is 0. The average Bonchev–Trinajstić information content (AvgIpc) is 3.00. The third-order valence-corrected chi connectivity index (χ3v) is 5.60. The van der Waals surface area contributed by atoms with Crippen molar-refractivity contribution in [3.05, 3.63) is 0 Å². The van der Waals surface area contributed by atoms with Gasteiger partial charge in [0.1, 0.15) is 0 Å². The van der Waals surface area contributed by atoms with Crippen molar-refractivity contribution >= 4 is 6.03 Å². The summed E-state index contributed by atoms with van der Waals surface area (Å²) in [6, 6.07) is 0.876. The Morgan fingerprint density at radius 1 is 1.08 bits per heavy atom. The zero-order chi connectivity index (χ0) is 16.8. The molecule has 2 amide bonds. The SMILES string of the molecule is C[C@@H](CN1CCOCC1)NC(=O)N1CCCC[C@H](N2CCCC2)C1. The number of ether oxygens (including phenoxy) is 1. The fourth-order valence-electron chi connectivity index (χ4n) is 4.23. The molecule has 24 heavy (non-hydrogen) atoms. The lowest BCUT2D eigenvalue weighted by Gasteiger charge is -2.33. The first kappa shape index (κ1) is 18.0. The molecule has 6 nitrogen and oxygen atoms in total. The van der Waals surface area contributed by atoms with Gasteiger partial charge in [-0.2, -0.15) is 0 Å². The summed E-state index contributed by atoms with van der Waals surface area (Å²) in [5, 5.41) is 3.22. The van der Waals surface area contributed by atoms with Gasteiger partial charge in [0.2, 0.25) is 0 Å². The number of likely N-dealkylation sites (tertiary alicyclic amines) is 2. The maximum absolute atomic E-state index is 12.7. The van der Waals surface area contributed by atoms with E-state index in [0.29, 0.717) is 6.04 Å². The van der Waals surface area contributed by atoms with E-state index in [-0.39, 0.29) is 12.1 Å². The number of amides is 2. The number of hydrogen-bond donors (Lipinski definition) is 1. The molecule has 0 saturated carbocycles. The van der Waals surface area contributed by atoms with E-state index in [9.17, 15) is 4.79 Å². The van der Waals surface area contributed by atoms with E-state index < -0.39 is 0 Å². The molecule has 138 valence electrons. The Balaban J connectivity index is 1.47. The van der Waals surface area contributed by atoms with E-state index in [1.165, 1.54) is 38.8 Å². The molecule has 3 aliphatic rings. The second-order valence-corrected chi connectivity index (χ2v) is 7.60. The molecule has 3 heterocycles. The Bertz CT molecular complexity index is 394. The van der Waals surface area contributed by atoms with Crippen molar-refractivity contribution in [3.8, 4) is 0 Å². The molecule has 1 N–H and O–H groups in total. The van der Waals surface area contributed by atoms with Crippen LogP contribution in [0.2, 0.25) is 0 Å². The molecule has 3 aliphatic heterocycles. The van der Waals surface area contributed by atoms with Crippen molar-refractivity contribution in [3.63, 3.8) is 0 Å². The summed E-state index contributed by atoms with van der Waals surface area (Å²) in [4.78, 5) is 19.8. The Labute approximate surface area is 146 Å². The molecule has 0 aliphatic carbocycles. The van der Waals surface area contributed by atoms with E-state index in [4.69, 9.17) is 4.74 Å². The highest BCUT2D eigenvalue weighted by atomic mass is 16.5. The molecule has 0 spiro atoms. The summed E-state index contributed by atoms with van der Waals surface area (Å²) in [6.07, 6.45) is 6.26. The third kappa shape index (κ3) is 5.07. The number of nitrogens with zero attached hydrogens (tertiary/aromatic N) is 3. The van der Waals surface area contributed by atoms with Crippen molar-refractivity contribution in [2.24, 2.45) is 0 Å². The smallest absolute Gasteiger partial charge is 0.317 e. The molecule has 0 aromatic heterocycles. The van der Waals surface area contributed by atoms with Crippen LogP contribution >= 0.6 is 0 Å². The minimum absolute atomic E-state index is 0.127. The number of morpholine rings is 1. The number of hydrogen-bond acceptors (Lipinski definition) is 4. The number of carbonyl (C=O) groups is 1. The molecule has 3 fully saturated rings. The highest BCUT2D eigenvalue weighted by molar-refractivity contribution is 5.74. The van der Waals surface area contributed by atoms with Crippen LogP contribution < -0.4 is 5.32 Å². The molecule has 6 heteroatoms. The van der Waals surface area contributed by atoms with Crippen LogP contribution in [0.1, 0.15) is 39.0 Å². The zero-order valence-corrected chi connectivity index (χ0v) is 15.2. The lowest BCUT2D eigenvalue weighted by molar-refractivity contribution is 0.0346. The summed E-state index contributed by atoms with van der Waals surface area (Å²) in [5.74, 6) is 0. The van der Waals surface area contributed by atoms with Crippen LogP contribution in [0.4, 0.5) is 4.79 Å². The number of urea groups is 1. The van der Waals surface area contributed by atoms with Gasteiger partial charge < -0.3 is 15.0 Å². The number of nitrogens with one attached hydrogen (secondary N) is 1. The minimum Gasteiger partial charge on any atom is -0.379 e. The first-order valence-corrected chi connectivity index (χ1v) is 9.82. The molecule has 0 aromatic rings. The van der Waals surface area contributed by atoms with Gasteiger partial charge in [-0.1, -0.05) is 6.42 Å². The van der Waals surface area contributed by atoms with E-state index >= 15 is 0 Å². The standard InChI is InChI=1S/C18H34N4O2/c1-16(14-20-10-12-24-13-11-20)19-18(23)22-9-3-2-6-17(15-22)21-7-4-5-8-21/h16-17H,2-15H2,1H3,(H,19,23)/t16-,17-/m0/s1. The molecule has 0 unspecified atom stereocenters. The number of rotatable bonds is 4. The number of carbonyl (C=O) groups excluding carboxylic acids is 1. The van der Waals surface area contributed by atoms with Gasteiger partial charge in [-0.05, 0) is 45.7 Å². The van der Waals surface area contributed by atoms with Crippen molar-refractivity contribution < 1.29 is 9.53 Å². The normalized spacial score (nSPS) is 28.5. The predicted octanol–water partition coefficient (Wildman–Crippen LogP) is 1.37. The molecule has 3 saturated heterocycles. The Hall–Kier alpha value is -0.850. The molecule has 0 bridgehead atoms. The fourth-order valence-corrected chi connectivity index (χ4v) is 4.23. The van der Waals surface area contributed by atoms with Gasteiger partial charge in [0, 0.05) is 44.8 Å². The third-order valence-electron chi connectivity index (χ3n) is 5.60. The maximum atomic E-state index is 12.7. The molecular formula is C18H34N4O2. The summed E-state index contributed by atoms with van der Waals surface area (Å²) in [7, 11) is 0. The molecule has 3 rings (SSSR count). The van der Waals surface area contributed by atoms with Crippen LogP contribution in [-0.4, -0.2) is 91.8 Å². The zero-order valence-electron chi connectivity index (χ0n) is 15.2. The molecular weight excluding hydrogens is 304 g/mol. The van der Waals surface area contributed by atoms with E-state index in [0.717, 1.165) is 52.4 Å². The lowest BCUT2D eigenvalue weighted by Crippen LogP contribution is -2.52. The van der Waals surface area contributed by atoms with Crippen LogP contribution in [-0.2, 0) is 4.74 Å².